The van der Waals surface area contributed by atoms with Gasteiger partial charge in [-0.05, 0) is 69.7 Å². The van der Waals surface area contributed by atoms with E-state index in [-0.39, 0.29) is 5.56 Å². The highest BCUT2D eigenvalue weighted by molar-refractivity contribution is 5.90. The van der Waals surface area contributed by atoms with Crippen LogP contribution in [-0.2, 0) is 0 Å². The summed E-state index contributed by atoms with van der Waals surface area (Å²) in [5.41, 5.74) is 1.62. The summed E-state index contributed by atoms with van der Waals surface area (Å²) >= 11 is 0. The van der Waals surface area contributed by atoms with Crippen LogP contribution in [0.4, 0.5) is 23.1 Å². The third-order valence-electron chi connectivity index (χ3n) is 7.38. The molecule has 3 aromatic rings. The molecule has 0 unspecified atom stereocenters. The molecule has 0 aliphatic carbocycles. The van der Waals surface area contributed by atoms with Crippen molar-refractivity contribution < 1.29 is 5.11 Å². The predicted molar refractivity (Wildman–Crippen MR) is 140 cm³/mol. The van der Waals surface area contributed by atoms with Crippen LogP contribution < -0.4 is 20.7 Å². The third-order valence-corrected chi connectivity index (χ3v) is 7.38. The third kappa shape index (κ3) is 5.24. The highest BCUT2D eigenvalue weighted by atomic mass is 16.3. The Balaban J connectivity index is 1.37. The number of anilines is 4. The molecule has 0 radical (unpaired) electrons. The van der Waals surface area contributed by atoms with Gasteiger partial charge in [0.1, 0.15) is 16.7 Å². The van der Waals surface area contributed by atoms with Crippen molar-refractivity contribution >= 4 is 34.0 Å². The summed E-state index contributed by atoms with van der Waals surface area (Å²) in [7, 11) is 0. The van der Waals surface area contributed by atoms with Crippen molar-refractivity contribution in [1.82, 2.24) is 20.2 Å². The summed E-state index contributed by atoms with van der Waals surface area (Å²) in [5, 5.41) is 20.6. The number of nitrogens with zero attached hydrogens (tertiary/aromatic N) is 5. The fourth-order valence-electron chi connectivity index (χ4n) is 5.23. The molecule has 9 heteroatoms. The number of rotatable bonds is 5. The first kappa shape index (κ1) is 23.5. The minimum Gasteiger partial charge on any atom is -0.390 e. The molecule has 5 rings (SSSR count). The molecule has 0 saturated carbocycles. The number of fused-ring (bicyclic) bond motifs is 1. The Labute approximate surface area is 205 Å². The Kier molecular flexibility index (Phi) is 6.60. The van der Waals surface area contributed by atoms with Crippen molar-refractivity contribution in [3.8, 4) is 0 Å². The van der Waals surface area contributed by atoms with Gasteiger partial charge in [-0.2, -0.15) is 10.1 Å². The number of benzene rings is 1. The van der Waals surface area contributed by atoms with Crippen LogP contribution in [0.5, 0.6) is 0 Å². The molecule has 2 aromatic heterocycles. The van der Waals surface area contributed by atoms with Gasteiger partial charge in [0.2, 0.25) is 5.95 Å². The summed E-state index contributed by atoms with van der Waals surface area (Å²) in [4.78, 5) is 26.6. The largest absolute Gasteiger partial charge is 0.390 e. The molecule has 1 aromatic carbocycles. The van der Waals surface area contributed by atoms with Crippen molar-refractivity contribution in [1.29, 1.82) is 0 Å². The van der Waals surface area contributed by atoms with E-state index in [0.717, 1.165) is 63.2 Å². The number of aliphatic hydroxyl groups is 1. The number of nitrogens with one attached hydrogen (secondary N) is 2. The number of aromatic amines is 1. The van der Waals surface area contributed by atoms with Crippen molar-refractivity contribution in [2.75, 3.05) is 41.3 Å². The second-order valence-corrected chi connectivity index (χ2v) is 10.3. The van der Waals surface area contributed by atoms with E-state index in [1.807, 2.05) is 26.0 Å². The maximum absolute atomic E-state index is 12.6. The summed E-state index contributed by atoms with van der Waals surface area (Å²) in [6, 6.07) is 8.23. The summed E-state index contributed by atoms with van der Waals surface area (Å²) in [5.74, 6) is 1.47. The van der Waals surface area contributed by atoms with Gasteiger partial charge < -0.3 is 20.2 Å². The fourth-order valence-corrected chi connectivity index (χ4v) is 5.23. The molecule has 2 saturated heterocycles. The first-order valence-corrected chi connectivity index (χ1v) is 12.7. The average Bonchev–Trinajstić information content (AvgIpc) is 3.14. The number of aromatic nitrogens is 4. The smallest absolute Gasteiger partial charge is 0.277 e. The maximum atomic E-state index is 12.6. The molecule has 2 fully saturated rings. The van der Waals surface area contributed by atoms with E-state index in [1.54, 1.807) is 6.20 Å². The lowest BCUT2D eigenvalue weighted by Crippen LogP contribution is -2.41. The van der Waals surface area contributed by atoms with Crippen LogP contribution in [0.1, 0.15) is 52.4 Å². The van der Waals surface area contributed by atoms with Gasteiger partial charge in [-0.3, -0.25) is 4.79 Å². The molecule has 4 heterocycles. The fraction of sp³-hybridized carbons (Fsp3) is 0.538. The molecule has 3 N–H and O–H groups in total. The highest BCUT2D eigenvalue weighted by Crippen LogP contribution is 2.31. The van der Waals surface area contributed by atoms with Crippen LogP contribution in [0.2, 0.25) is 0 Å². The van der Waals surface area contributed by atoms with Gasteiger partial charge in [0.05, 0.1) is 11.8 Å². The molecular formula is C26H35N7O2. The van der Waals surface area contributed by atoms with Gasteiger partial charge in [-0.25, -0.2) is 10.1 Å². The zero-order chi connectivity index (χ0) is 24.4. The van der Waals surface area contributed by atoms with Crippen molar-refractivity contribution in [2.45, 2.75) is 58.0 Å². The van der Waals surface area contributed by atoms with Gasteiger partial charge in [0.25, 0.3) is 5.56 Å². The molecule has 35 heavy (non-hydrogen) atoms. The minimum absolute atomic E-state index is 0.307. The lowest BCUT2D eigenvalue weighted by Gasteiger charge is -2.38. The second kappa shape index (κ2) is 9.81. The lowest BCUT2D eigenvalue weighted by atomic mass is 9.83. The Hall–Kier alpha value is -3.20. The monoisotopic (exact) mass is 477 g/mol. The Bertz CT molecular complexity index is 1200. The molecule has 186 valence electrons. The van der Waals surface area contributed by atoms with Crippen molar-refractivity contribution in [2.24, 2.45) is 5.92 Å². The van der Waals surface area contributed by atoms with E-state index < -0.39 is 5.60 Å². The van der Waals surface area contributed by atoms with Crippen molar-refractivity contribution in [3.63, 3.8) is 0 Å². The van der Waals surface area contributed by atoms with E-state index in [2.05, 4.69) is 42.4 Å². The van der Waals surface area contributed by atoms with Crippen LogP contribution in [0.3, 0.4) is 0 Å². The van der Waals surface area contributed by atoms with E-state index in [9.17, 15) is 9.90 Å². The van der Waals surface area contributed by atoms with E-state index in [1.165, 1.54) is 12.8 Å². The van der Waals surface area contributed by atoms with Gasteiger partial charge in [0.15, 0.2) is 0 Å². The minimum atomic E-state index is -0.625. The van der Waals surface area contributed by atoms with Gasteiger partial charge >= 0.3 is 0 Å². The first-order valence-electron chi connectivity index (χ1n) is 12.7. The summed E-state index contributed by atoms with van der Waals surface area (Å²) < 4.78 is 0. The number of hydrogen-bond donors (Lipinski definition) is 3. The maximum Gasteiger partial charge on any atom is 0.277 e. The normalized spacial score (nSPS) is 18.0. The Morgan fingerprint density at radius 1 is 0.971 bits per heavy atom. The zero-order valence-electron chi connectivity index (χ0n) is 20.6. The second-order valence-electron chi connectivity index (χ2n) is 10.3. The van der Waals surface area contributed by atoms with Crippen LogP contribution in [-0.4, -0.2) is 57.1 Å². The molecule has 9 nitrogen and oxygen atoms in total. The van der Waals surface area contributed by atoms with Gasteiger partial charge in [-0.15, -0.1) is 0 Å². The van der Waals surface area contributed by atoms with E-state index >= 15 is 0 Å². The quantitative estimate of drug-likeness (QED) is 0.509. The Morgan fingerprint density at radius 2 is 1.66 bits per heavy atom. The number of H-pyrrole nitrogens is 1. The molecule has 0 bridgehead atoms. The standard InChI is InChI=1S/C26H35N7O2/c1-26(2,35)18-11-15-32(16-12-18)20-9-7-19(8-10-20)28-23-22-21(17-27-31-24(22)34)29-25(30-23)33-13-5-3-4-6-14-33/h7-10,17-18,35H,3-6,11-16H2,1-2H3,(H,31,34)(H,28,29,30). The van der Waals surface area contributed by atoms with Crippen LogP contribution in [0.15, 0.2) is 35.3 Å². The molecule has 2 aliphatic heterocycles. The van der Waals surface area contributed by atoms with Gasteiger partial charge in [0, 0.05) is 37.6 Å². The Morgan fingerprint density at radius 3 is 2.31 bits per heavy atom. The first-order chi connectivity index (χ1) is 16.9. The predicted octanol–water partition coefficient (Wildman–Crippen LogP) is 3.82. The molecular weight excluding hydrogens is 442 g/mol. The van der Waals surface area contributed by atoms with E-state index in [4.69, 9.17) is 4.98 Å². The topological polar surface area (TPSA) is 110 Å². The molecule has 0 spiro atoms. The average molecular weight is 478 g/mol. The van der Waals surface area contributed by atoms with Crippen LogP contribution in [0, 0.1) is 5.92 Å². The number of piperidine rings is 1. The van der Waals surface area contributed by atoms with Crippen LogP contribution >= 0.6 is 0 Å². The summed E-state index contributed by atoms with van der Waals surface area (Å²) in [6.45, 7) is 7.51. The molecule has 0 atom stereocenters. The lowest BCUT2D eigenvalue weighted by molar-refractivity contribution is 0.00651. The number of hydrogen-bond acceptors (Lipinski definition) is 8. The van der Waals surface area contributed by atoms with Crippen molar-refractivity contribution in [3.05, 3.63) is 40.8 Å². The van der Waals surface area contributed by atoms with Gasteiger partial charge in [-0.1, -0.05) is 12.8 Å². The zero-order valence-corrected chi connectivity index (χ0v) is 20.6. The molecule has 0 amide bonds. The summed E-state index contributed by atoms with van der Waals surface area (Å²) in [6.07, 6.45) is 8.22. The highest BCUT2D eigenvalue weighted by Gasteiger charge is 2.30. The SMILES string of the molecule is CC(C)(O)C1CCN(c2ccc(Nc3nc(N4CCCCCC4)nc4cn[nH]c(=O)c34)cc2)CC1. The van der Waals surface area contributed by atoms with E-state index in [0.29, 0.717) is 28.6 Å². The van der Waals surface area contributed by atoms with Crippen LogP contribution in [0.25, 0.3) is 10.9 Å². The molecule has 2 aliphatic rings.